The van der Waals surface area contributed by atoms with Crippen molar-refractivity contribution in [3.8, 4) is 12.1 Å². The Kier molecular flexibility index (Phi) is 5.70. The number of pyridine rings is 1. The van der Waals surface area contributed by atoms with Gasteiger partial charge in [0.05, 0.1) is 35.1 Å². The number of amides is 1. The Morgan fingerprint density at radius 2 is 2.00 bits per heavy atom. The highest BCUT2D eigenvalue weighted by Crippen LogP contribution is 2.31. The van der Waals surface area contributed by atoms with Crippen LogP contribution in [0.5, 0.6) is 6.01 Å². The van der Waals surface area contributed by atoms with E-state index in [0.29, 0.717) is 40.1 Å². The highest BCUT2D eigenvalue weighted by atomic mass is 16.5. The number of nitrogens with zero attached hydrogens (tertiary/aromatic N) is 6. The van der Waals surface area contributed by atoms with Crippen molar-refractivity contribution in [1.82, 2.24) is 24.7 Å². The number of rotatable bonds is 4. The molecule has 2 atom stereocenters. The van der Waals surface area contributed by atoms with Crippen molar-refractivity contribution in [2.75, 3.05) is 30.4 Å². The van der Waals surface area contributed by atoms with E-state index < -0.39 is 0 Å². The van der Waals surface area contributed by atoms with Gasteiger partial charge in [-0.2, -0.15) is 10.2 Å². The smallest absolute Gasteiger partial charge is 0.316 e. The number of piperazine rings is 1. The first-order valence-corrected chi connectivity index (χ1v) is 11.4. The molecular weight excluding hydrogens is 444 g/mol. The van der Waals surface area contributed by atoms with Crippen molar-refractivity contribution < 1.29 is 9.53 Å². The van der Waals surface area contributed by atoms with Crippen molar-refractivity contribution in [3.05, 3.63) is 53.6 Å². The van der Waals surface area contributed by atoms with Gasteiger partial charge in [0.1, 0.15) is 6.07 Å². The lowest BCUT2D eigenvalue weighted by molar-refractivity contribution is 0.102. The van der Waals surface area contributed by atoms with Crippen LogP contribution in [0.1, 0.15) is 35.5 Å². The van der Waals surface area contributed by atoms with Gasteiger partial charge in [-0.1, -0.05) is 0 Å². The Hall–Kier alpha value is -4.23. The number of methoxy groups -OCH3 is 1. The zero-order valence-electron chi connectivity index (χ0n) is 20.0. The van der Waals surface area contributed by atoms with Crippen LogP contribution in [0, 0.1) is 18.3 Å². The lowest BCUT2D eigenvalue weighted by atomic mass is 10.0. The number of ether oxygens (including phenoxy) is 1. The normalized spacial score (nSPS) is 18.0. The van der Waals surface area contributed by atoms with Gasteiger partial charge in [0.25, 0.3) is 5.91 Å². The number of aryl methyl sites for hydroxylation is 1. The van der Waals surface area contributed by atoms with Gasteiger partial charge in [-0.05, 0) is 39.0 Å². The maximum atomic E-state index is 13.4. The molecule has 1 amide bonds. The Morgan fingerprint density at radius 1 is 1.23 bits per heavy atom. The lowest BCUT2D eigenvalue weighted by Crippen LogP contribution is -2.54. The maximum Gasteiger partial charge on any atom is 0.316 e. The second-order valence-corrected chi connectivity index (χ2v) is 8.95. The predicted molar refractivity (Wildman–Crippen MR) is 133 cm³/mol. The molecule has 5 rings (SSSR count). The highest BCUT2D eigenvalue weighted by Gasteiger charge is 2.25. The number of aromatic nitrogens is 4. The third-order valence-electron chi connectivity index (χ3n) is 6.08. The molecule has 0 saturated carbocycles. The quantitative estimate of drug-likeness (QED) is 0.467. The maximum absolute atomic E-state index is 13.4. The molecule has 4 aromatic rings. The highest BCUT2D eigenvalue weighted by molar-refractivity contribution is 6.14. The Labute approximate surface area is 202 Å². The van der Waals surface area contributed by atoms with Crippen molar-refractivity contribution in [2.45, 2.75) is 32.9 Å². The van der Waals surface area contributed by atoms with Crippen molar-refractivity contribution in [3.63, 3.8) is 0 Å². The second-order valence-electron chi connectivity index (χ2n) is 8.95. The first kappa shape index (κ1) is 22.6. The summed E-state index contributed by atoms with van der Waals surface area (Å²) in [6.45, 7) is 7.82. The molecule has 2 N–H and O–H groups in total. The second kappa shape index (κ2) is 8.85. The molecule has 1 saturated heterocycles. The third kappa shape index (κ3) is 4.22. The van der Waals surface area contributed by atoms with Gasteiger partial charge in [-0.25, -0.2) is 9.97 Å². The van der Waals surface area contributed by atoms with Crippen molar-refractivity contribution in [2.24, 2.45) is 0 Å². The Morgan fingerprint density at radius 3 is 2.71 bits per heavy atom. The summed E-state index contributed by atoms with van der Waals surface area (Å²) >= 11 is 0. The number of hydrogen-bond donors (Lipinski definition) is 2. The van der Waals surface area contributed by atoms with Crippen LogP contribution in [-0.4, -0.2) is 57.5 Å². The minimum Gasteiger partial charge on any atom is -0.467 e. The molecule has 1 aliphatic rings. The van der Waals surface area contributed by atoms with Crippen LogP contribution in [-0.2, 0) is 0 Å². The molecule has 178 valence electrons. The van der Waals surface area contributed by atoms with E-state index in [-0.39, 0.29) is 11.9 Å². The number of carbonyl (C=O) groups is 1. The van der Waals surface area contributed by atoms with Crippen LogP contribution < -0.4 is 20.3 Å². The largest absolute Gasteiger partial charge is 0.467 e. The van der Waals surface area contributed by atoms with Crippen molar-refractivity contribution in [1.29, 1.82) is 5.26 Å². The molecule has 0 aliphatic carbocycles. The zero-order valence-corrected chi connectivity index (χ0v) is 20.0. The summed E-state index contributed by atoms with van der Waals surface area (Å²) in [5, 5.41) is 16.8. The molecule has 10 nitrogen and oxygen atoms in total. The third-order valence-corrected chi connectivity index (χ3v) is 6.08. The van der Waals surface area contributed by atoms with E-state index >= 15 is 0 Å². The van der Waals surface area contributed by atoms with Crippen LogP contribution in [0.3, 0.4) is 0 Å². The summed E-state index contributed by atoms with van der Waals surface area (Å²) < 4.78 is 6.99. The van der Waals surface area contributed by atoms with E-state index in [1.807, 2.05) is 19.2 Å². The van der Waals surface area contributed by atoms with E-state index in [1.165, 1.54) is 7.11 Å². The molecule has 1 fully saturated rings. The number of fused-ring (bicyclic) bond motifs is 2. The minimum atomic E-state index is -0.343. The first-order chi connectivity index (χ1) is 16.9. The fraction of sp³-hybridized carbons (Fsp3) is 0.320. The van der Waals surface area contributed by atoms with E-state index in [9.17, 15) is 10.1 Å². The van der Waals surface area contributed by atoms with Crippen LogP contribution in [0.2, 0.25) is 0 Å². The summed E-state index contributed by atoms with van der Waals surface area (Å²) in [5.74, 6) is -0.343. The number of carbonyl (C=O) groups excluding carboxylic acids is 1. The molecule has 4 heterocycles. The lowest BCUT2D eigenvalue weighted by Gasteiger charge is -2.38. The number of nitrogens with one attached hydrogen (secondary N) is 2. The summed E-state index contributed by atoms with van der Waals surface area (Å²) in [6, 6.07) is 8.33. The average Bonchev–Trinajstić information content (AvgIpc) is 3.21. The van der Waals surface area contributed by atoms with E-state index in [2.05, 4.69) is 50.4 Å². The number of benzene rings is 1. The molecular formula is C25H26N8O2. The molecule has 35 heavy (non-hydrogen) atoms. The van der Waals surface area contributed by atoms with Crippen molar-refractivity contribution >= 4 is 33.8 Å². The van der Waals surface area contributed by atoms with Crippen LogP contribution in [0.15, 0.2) is 36.8 Å². The topological polar surface area (TPSA) is 120 Å². The summed E-state index contributed by atoms with van der Waals surface area (Å²) in [5.41, 5.74) is 4.07. The molecule has 0 bridgehead atoms. The molecule has 10 heteroatoms. The van der Waals surface area contributed by atoms with Gasteiger partial charge in [0, 0.05) is 54.8 Å². The van der Waals surface area contributed by atoms with Gasteiger partial charge in [0.2, 0.25) is 0 Å². The Balaban J connectivity index is 1.55. The number of nitriles is 1. The summed E-state index contributed by atoms with van der Waals surface area (Å²) in [4.78, 5) is 28.9. The van der Waals surface area contributed by atoms with E-state index in [4.69, 9.17) is 4.74 Å². The molecule has 0 spiro atoms. The monoisotopic (exact) mass is 470 g/mol. The van der Waals surface area contributed by atoms with Gasteiger partial charge in [-0.3, -0.25) is 4.79 Å². The standard InChI is InChI=1S/C25H26N8O2/c1-14-10-32(11-15(2)28-14)21-6-5-19(22-20(21)9-27-25(31-22)35-4)24(34)30-18-7-17(8-26)23-29-16(3)12-33(23)13-18/h5-7,9,12-15,28H,10-11H2,1-4H3,(H,30,34)/t14-,15-/m0/s1. The zero-order chi connectivity index (χ0) is 24.7. The van der Waals surface area contributed by atoms with Gasteiger partial charge in [-0.15, -0.1) is 0 Å². The Bertz CT molecular complexity index is 1480. The minimum absolute atomic E-state index is 0.188. The molecule has 3 aromatic heterocycles. The molecule has 0 radical (unpaired) electrons. The van der Waals surface area contributed by atoms with Gasteiger partial charge >= 0.3 is 6.01 Å². The fourth-order valence-electron chi connectivity index (χ4n) is 4.74. The summed E-state index contributed by atoms with van der Waals surface area (Å²) in [7, 11) is 1.50. The first-order valence-electron chi connectivity index (χ1n) is 11.4. The number of hydrogen-bond acceptors (Lipinski definition) is 8. The molecule has 1 aliphatic heterocycles. The molecule has 1 aromatic carbocycles. The van der Waals surface area contributed by atoms with Gasteiger partial charge < -0.3 is 24.7 Å². The van der Waals surface area contributed by atoms with Crippen LogP contribution in [0.4, 0.5) is 11.4 Å². The summed E-state index contributed by atoms with van der Waals surface area (Å²) in [6.07, 6.45) is 5.26. The van der Waals surface area contributed by atoms with Crippen LogP contribution >= 0.6 is 0 Å². The van der Waals surface area contributed by atoms with Gasteiger partial charge in [0.15, 0.2) is 5.65 Å². The number of imidazole rings is 1. The fourth-order valence-corrected chi connectivity index (χ4v) is 4.74. The predicted octanol–water partition coefficient (Wildman–Crippen LogP) is 2.91. The number of anilines is 2. The SMILES string of the molecule is COc1ncc2c(N3C[C@H](C)N[C@@H](C)C3)ccc(C(=O)Nc3cc(C#N)c4nc(C)cn4c3)c2n1. The molecule has 0 unspecified atom stereocenters. The van der Waals surface area contributed by atoms with E-state index in [1.54, 1.807) is 28.9 Å². The van der Waals surface area contributed by atoms with E-state index in [0.717, 1.165) is 29.9 Å². The van der Waals surface area contributed by atoms with Crippen LogP contribution in [0.25, 0.3) is 16.6 Å². The average molecular weight is 471 g/mol.